The third kappa shape index (κ3) is 4.25. The first kappa shape index (κ1) is 19.7. The van der Waals surface area contributed by atoms with E-state index in [9.17, 15) is 23.1 Å². The molecule has 0 saturated carbocycles. The van der Waals surface area contributed by atoms with E-state index in [-0.39, 0.29) is 18.0 Å². The lowest BCUT2D eigenvalue weighted by Gasteiger charge is -2.21. The number of amides is 1. The van der Waals surface area contributed by atoms with Gasteiger partial charge in [-0.2, -0.15) is 18.3 Å². The zero-order valence-corrected chi connectivity index (χ0v) is 14.9. The highest BCUT2D eigenvalue weighted by Crippen LogP contribution is 2.35. The number of alkyl halides is 3. The maximum absolute atomic E-state index is 13.0. The Morgan fingerprint density at radius 1 is 1.21 bits per heavy atom. The van der Waals surface area contributed by atoms with E-state index in [1.807, 2.05) is 0 Å². The summed E-state index contributed by atoms with van der Waals surface area (Å²) in [7, 11) is 1.47. The Morgan fingerprint density at radius 3 is 2.64 bits per heavy atom. The number of aromatic nitrogens is 2. The minimum absolute atomic E-state index is 0.131. The standard InChI is InChI=1S/C19H18F3N3O3/c1-25(18(27)17-13-6-2-4-8-15(13)23-24-17)10-12(26)11-28-16-9-5-3-7-14(16)19(20,21)22/h2-9,12,26H,10-11H2,1H3,(H,23,24)/t12-/m1/s1. The topological polar surface area (TPSA) is 78.5 Å². The molecule has 2 aromatic carbocycles. The number of aromatic amines is 1. The molecular weight excluding hydrogens is 375 g/mol. The molecule has 9 heteroatoms. The molecule has 0 fully saturated rings. The number of nitrogens with zero attached hydrogens (tertiary/aromatic N) is 2. The molecule has 148 valence electrons. The van der Waals surface area contributed by atoms with Crippen LogP contribution in [-0.2, 0) is 6.18 Å². The molecule has 6 nitrogen and oxygen atoms in total. The van der Waals surface area contributed by atoms with Gasteiger partial charge in [0.2, 0.25) is 0 Å². The first-order chi connectivity index (χ1) is 13.3. The van der Waals surface area contributed by atoms with Crippen molar-refractivity contribution in [3.8, 4) is 5.75 Å². The van der Waals surface area contributed by atoms with Crippen molar-refractivity contribution < 1.29 is 27.8 Å². The summed E-state index contributed by atoms with van der Waals surface area (Å²) in [5.41, 5.74) is -0.0184. The highest BCUT2D eigenvalue weighted by Gasteiger charge is 2.34. The number of ether oxygens (including phenoxy) is 1. The summed E-state index contributed by atoms with van der Waals surface area (Å²) in [5, 5.41) is 17.5. The number of hydrogen-bond donors (Lipinski definition) is 2. The lowest BCUT2D eigenvalue weighted by molar-refractivity contribution is -0.139. The molecule has 0 aliphatic heterocycles. The number of fused-ring (bicyclic) bond motifs is 1. The van der Waals surface area contributed by atoms with Gasteiger partial charge in [0.1, 0.15) is 18.5 Å². The molecule has 3 aromatic rings. The van der Waals surface area contributed by atoms with Gasteiger partial charge < -0.3 is 14.7 Å². The predicted octanol–water partition coefficient (Wildman–Crippen LogP) is 3.09. The first-order valence-corrected chi connectivity index (χ1v) is 8.43. The van der Waals surface area contributed by atoms with E-state index in [4.69, 9.17) is 4.74 Å². The van der Waals surface area contributed by atoms with Gasteiger partial charge in [0.05, 0.1) is 11.1 Å². The highest BCUT2D eigenvalue weighted by atomic mass is 19.4. The van der Waals surface area contributed by atoms with Gasteiger partial charge in [0, 0.05) is 19.0 Å². The Kier molecular flexibility index (Phi) is 5.55. The van der Waals surface area contributed by atoms with Gasteiger partial charge in [-0.15, -0.1) is 0 Å². The fourth-order valence-electron chi connectivity index (χ4n) is 2.77. The van der Waals surface area contributed by atoms with Gasteiger partial charge >= 0.3 is 6.18 Å². The van der Waals surface area contributed by atoms with E-state index in [0.717, 1.165) is 6.07 Å². The van der Waals surface area contributed by atoms with Gasteiger partial charge in [-0.25, -0.2) is 0 Å². The van der Waals surface area contributed by atoms with Crippen LogP contribution in [0, 0.1) is 0 Å². The van der Waals surface area contributed by atoms with E-state index >= 15 is 0 Å². The molecule has 0 unspecified atom stereocenters. The van der Waals surface area contributed by atoms with Gasteiger partial charge in [-0.05, 0) is 18.2 Å². The average molecular weight is 393 g/mol. The van der Waals surface area contributed by atoms with Crippen molar-refractivity contribution in [2.45, 2.75) is 12.3 Å². The normalized spacial score (nSPS) is 12.8. The van der Waals surface area contributed by atoms with Crippen LogP contribution in [0.15, 0.2) is 48.5 Å². The third-order valence-corrected chi connectivity index (χ3v) is 4.13. The molecule has 1 atom stereocenters. The molecular formula is C19H18F3N3O3. The smallest absolute Gasteiger partial charge is 0.419 e. The van der Waals surface area contributed by atoms with Crippen LogP contribution in [0.2, 0.25) is 0 Å². The molecule has 0 aliphatic carbocycles. The quantitative estimate of drug-likeness (QED) is 0.675. The van der Waals surface area contributed by atoms with Gasteiger partial charge in [-0.1, -0.05) is 30.3 Å². The van der Waals surface area contributed by atoms with Crippen molar-refractivity contribution in [1.29, 1.82) is 0 Å². The Morgan fingerprint density at radius 2 is 1.89 bits per heavy atom. The molecule has 28 heavy (non-hydrogen) atoms. The minimum Gasteiger partial charge on any atom is -0.490 e. The Balaban J connectivity index is 1.62. The van der Waals surface area contributed by atoms with Crippen molar-refractivity contribution in [1.82, 2.24) is 15.1 Å². The van der Waals surface area contributed by atoms with Crippen LogP contribution in [-0.4, -0.2) is 52.4 Å². The van der Waals surface area contributed by atoms with E-state index < -0.39 is 30.4 Å². The van der Waals surface area contributed by atoms with Crippen molar-refractivity contribution in [2.24, 2.45) is 0 Å². The summed E-state index contributed by atoms with van der Waals surface area (Å²) in [6, 6.07) is 11.9. The largest absolute Gasteiger partial charge is 0.490 e. The number of aliphatic hydroxyl groups excluding tert-OH is 1. The number of aliphatic hydroxyl groups is 1. The molecule has 0 radical (unpaired) electrons. The maximum Gasteiger partial charge on any atom is 0.419 e. The molecule has 0 bridgehead atoms. The number of nitrogens with one attached hydrogen (secondary N) is 1. The van der Waals surface area contributed by atoms with Gasteiger partial charge in [0.25, 0.3) is 5.91 Å². The molecule has 2 N–H and O–H groups in total. The van der Waals surface area contributed by atoms with Crippen LogP contribution in [0.4, 0.5) is 13.2 Å². The van der Waals surface area contributed by atoms with Crippen LogP contribution in [0.1, 0.15) is 16.1 Å². The second kappa shape index (κ2) is 7.89. The molecule has 0 aliphatic rings. The van der Waals surface area contributed by atoms with Crippen LogP contribution in [0.5, 0.6) is 5.75 Å². The van der Waals surface area contributed by atoms with Crippen LogP contribution < -0.4 is 4.74 Å². The summed E-state index contributed by atoms with van der Waals surface area (Å²) >= 11 is 0. The summed E-state index contributed by atoms with van der Waals surface area (Å²) in [4.78, 5) is 13.8. The fourth-order valence-corrected chi connectivity index (χ4v) is 2.77. The van der Waals surface area contributed by atoms with Crippen LogP contribution in [0.3, 0.4) is 0 Å². The minimum atomic E-state index is -4.56. The average Bonchev–Trinajstić information content (AvgIpc) is 3.09. The van der Waals surface area contributed by atoms with E-state index in [1.54, 1.807) is 24.3 Å². The number of hydrogen-bond acceptors (Lipinski definition) is 4. The molecule has 1 amide bonds. The third-order valence-electron chi connectivity index (χ3n) is 4.13. The summed E-state index contributed by atoms with van der Waals surface area (Å²) in [5.74, 6) is -0.798. The van der Waals surface area contributed by atoms with Gasteiger partial charge in [0.15, 0.2) is 5.69 Å². The summed E-state index contributed by atoms with van der Waals surface area (Å²) in [6.07, 6.45) is -5.74. The predicted molar refractivity (Wildman–Crippen MR) is 96.0 cm³/mol. The second-order valence-electron chi connectivity index (χ2n) is 6.26. The fraction of sp³-hybridized carbons (Fsp3) is 0.263. The number of para-hydroxylation sites is 2. The SMILES string of the molecule is CN(C[C@@H](O)COc1ccccc1C(F)(F)F)C(=O)c1n[nH]c2ccccc12. The Bertz CT molecular complexity index is 971. The number of halogens is 3. The number of carbonyl (C=O) groups excluding carboxylic acids is 1. The lowest BCUT2D eigenvalue weighted by Crippen LogP contribution is -2.37. The zero-order valence-electron chi connectivity index (χ0n) is 14.9. The first-order valence-electron chi connectivity index (χ1n) is 8.43. The molecule has 1 aromatic heterocycles. The Labute approximate surface area is 158 Å². The Hall–Kier alpha value is -3.07. The van der Waals surface area contributed by atoms with Crippen molar-refractivity contribution >= 4 is 16.8 Å². The monoisotopic (exact) mass is 393 g/mol. The highest BCUT2D eigenvalue weighted by molar-refractivity contribution is 6.04. The molecule has 1 heterocycles. The van der Waals surface area contributed by atoms with Crippen LogP contribution in [0.25, 0.3) is 10.9 Å². The number of carbonyl (C=O) groups is 1. The maximum atomic E-state index is 13.0. The molecule has 0 spiro atoms. The summed E-state index contributed by atoms with van der Waals surface area (Å²) in [6.45, 7) is -0.528. The van der Waals surface area contributed by atoms with E-state index in [1.165, 1.54) is 30.1 Å². The van der Waals surface area contributed by atoms with Crippen LogP contribution >= 0.6 is 0 Å². The van der Waals surface area contributed by atoms with Crippen molar-refractivity contribution in [3.63, 3.8) is 0 Å². The second-order valence-corrected chi connectivity index (χ2v) is 6.26. The number of benzene rings is 2. The molecule has 3 rings (SSSR count). The van der Waals surface area contributed by atoms with Gasteiger partial charge in [-0.3, -0.25) is 9.89 Å². The van der Waals surface area contributed by atoms with Crippen molar-refractivity contribution in [3.05, 3.63) is 59.8 Å². The number of likely N-dealkylation sites (N-methyl/N-ethyl adjacent to an activating group) is 1. The van der Waals surface area contributed by atoms with E-state index in [0.29, 0.717) is 10.9 Å². The number of rotatable bonds is 6. The molecule has 0 saturated heterocycles. The zero-order chi connectivity index (χ0) is 20.3. The number of H-pyrrole nitrogens is 1. The lowest BCUT2D eigenvalue weighted by atomic mass is 10.2. The van der Waals surface area contributed by atoms with Crippen molar-refractivity contribution in [2.75, 3.05) is 20.2 Å². The summed E-state index contributed by atoms with van der Waals surface area (Å²) < 4.78 is 44.0. The van der Waals surface area contributed by atoms with E-state index in [2.05, 4.69) is 10.2 Å².